The first kappa shape index (κ1) is 15.6. The molecule has 0 radical (unpaired) electrons. The summed E-state index contributed by atoms with van der Waals surface area (Å²) in [6.07, 6.45) is 3.99. The third-order valence-corrected chi connectivity index (χ3v) is 4.52. The lowest BCUT2D eigenvalue weighted by molar-refractivity contribution is -0.121. The molecule has 3 rings (SSSR count). The van der Waals surface area contributed by atoms with E-state index in [0.717, 1.165) is 17.7 Å². The molecule has 23 heavy (non-hydrogen) atoms. The van der Waals surface area contributed by atoms with Gasteiger partial charge >= 0.3 is 0 Å². The van der Waals surface area contributed by atoms with Crippen LogP contribution < -0.4 is 10.1 Å². The molecule has 1 amide bonds. The number of carbonyl (C=O) groups excluding carboxylic acids is 1. The number of fused-ring (bicyclic) bond motifs is 1. The molecule has 0 bridgehead atoms. The molecule has 0 fully saturated rings. The zero-order valence-electron chi connectivity index (χ0n) is 13.8. The Hall–Kier alpha value is -2.29. The van der Waals surface area contributed by atoms with Crippen LogP contribution >= 0.6 is 0 Å². The predicted molar refractivity (Wildman–Crippen MR) is 91.7 cm³/mol. The number of hydrogen-bond donors (Lipinski definition) is 1. The van der Waals surface area contributed by atoms with Crippen LogP contribution in [0.4, 0.5) is 0 Å². The van der Waals surface area contributed by atoms with Crippen LogP contribution in [-0.4, -0.2) is 13.0 Å². The van der Waals surface area contributed by atoms with Crippen molar-refractivity contribution in [2.45, 2.75) is 38.6 Å². The molecule has 0 spiro atoms. The molecular formula is C20H23NO2. The number of rotatable bonds is 5. The van der Waals surface area contributed by atoms with Gasteiger partial charge in [0.2, 0.25) is 5.91 Å². The standard InChI is InChI=1S/C20H23NO2/c1-14(17-9-8-16-4-3-5-18(16)13-17)21-20(22)12-15-6-10-19(23-2)11-7-15/h6-11,13-14H,3-5,12H2,1-2H3,(H,21,22)/t14-/m1/s1. The van der Waals surface area contributed by atoms with E-state index in [0.29, 0.717) is 6.42 Å². The van der Waals surface area contributed by atoms with E-state index >= 15 is 0 Å². The van der Waals surface area contributed by atoms with E-state index in [9.17, 15) is 4.79 Å². The van der Waals surface area contributed by atoms with Crippen LogP contribution in [0.1, 0.15) is 41.6 Å². The number of carbonyl (C=O) groups is 1. The maximum atomic E-state index is 12.2. The van der Waals surface area contributed by atoms with Crippen molar-refractivity contribution < 1.29 is 9.53 Å². The van der Waals surface area contributed by atoms with E-state index in [1.165, 1.54) is 29.5 Å². The summed E-state index contributed by atoms with van der Waals surface area (Å²) in [6.45, 7) is 2.04. The highest BCUT2D eigenvalue weighted by atomic mass is 16.5. The summed E-state index contributed by atoms with van der Waals surface area (Å²) in [5.41, 5.74) is 5.09. The smallest absolute Gasteiger partial charge is 0.224 e. The summed E-state index contributed by atoms with van der Waals surface area (Å²) in [7, 11) is 1.64. The van der Waals surface area contributed by atoms with Crippen molar-refractivity contribution >= 4 is 5.91 Å². The van der Waals surface area contributed by atoms with Crippen molar-refractivity contribution in [2.75, 3.05) is 7.11 Å². The molecule has 0 saturated carbocycles. The average molecular weight is 309 g/mol. The molecule has 0 heterocycles. The molecule has 0 aromatic heterocycles. The second-order valence-electron chi connectivity index (χ2n) is 6.20. The van der Waals surface area contributed by atoms with Gasteiger partial charge in [0.15, 0.2) is 0 Å². The second-order valence-corrected chi connectivity index (χ2v) is 6.20. The largest absolute Gasteiger partial charge is 0.497 e. The van der Waals surface area contributed by atoms with Gasteiger partial charge in [-0.2, -0.15) is 0 Å². The van der Waals surface area contributed by atoms with Crippen LogP contribution in [0.3, 0.4) is 0 Å². The van der Waals surface area contributed by atoms with Crippen molar-refractivity contribution in [2.24, 2.45) is 0 Å². The molecule has 2 aromatic rings. The van der Waals surface area contributed by atoms with Gasteiger partial charge in [-0.1, -0.05) is 30.3 Å². The van der Waals surface area contributed by atoms with Gasteiger partial charge < -0.3 is 10.1 Å². The van der Waals surface area contributed by atoms with Crippen LogP contribution in [0, 0.1) is 0 Å². The van der Waals surface area contributed by atoms with Crippen molar-refractivity contribution in [3.63, 3.8) is 0 Å². The zero-order chi connectivity index (χ0) is 16.2. The molecule has 1 atom stereocenters. The summed E-state index contributed by atoms with van der Waals surface area (Å²) < 4.78 is 5.13. The molecule has 3 heteroatoms. The minimum absolute atomic E-state index is 0.0339. The van der Waals surface area contributed by atoms with E-state index in [1.54, 1.807) is 7.11 Å². The number of methoxy groups -OCH3 is 1. The Morgan fingerprint density at radius 3 is 2.61 bits per heavy atom. The molecule has 1 N–H and O–H groups in total. The maximum Gasteiger partial charge on any atom is 0.224 e. The SMILES string of the molecule is COc1ccc(CC(=O)N[C@H](C)c2ccc3c(c2)CCC3)cc1. The van der Waals surface area contributed by atoms with Crippen LogP contribution in [0.25, 0.3) is 0 Å². The molecule has 1 aliphatic rings. The van der Waals surface area contributed by atoms with E-state index in [4.69, 9.17) is 4.74 Å². The third kappa shape index (κ3) is 3.73. The molecule has 0 aliphatic heterocycles. The molecule has 0 unspecified atom stereocenters. The van der Waals surface area contributed by atoms with Gasteiger partial charge in [-0.25, -0.2) is 0 Å². The molecule has 1 aliphatic carbocycles. The van der Waals surface area contributed by atoms with E-state index in [-0.39, 0.29) is 11.9 Å². The number of aryl methyl sites for hydroxylation is 2. The van der Waals surface area contributed by atoms with Gasteiger partial charge in [-0.3, -0.25) is 4.79 Å². The minimum Gasteiger partial charge on any atom is -0.497 e. The van der Waals surface area contributed by atoms with Gasteiger partial charge in [-0.15, -0.1) is 0 Å². The summed E-state index contributed by atoms with van der Waals surface area (Å²) >= 11 is 0. The normalized spacial score (nSPS) is 14.2. The maximum absolute atomic E-state index is 12.2. The van der Waals surface area contributed by atoms with Gasteiger partial charge in [0.25, 0.3) is 0 Å². The van der Waals surface area contributed by atoms with Crippen LogP contribution in [-0.2, 0) is 24.1 Å². The predicted octanol–water partition coefficient (Wildman–Crippen LogP) is 3.60. The van der Waals surface area contributed by atoms with Gasteiger partial charge in [0.1, 0.15) is 5.75 Å². The average Bonchev–Trinajstić information content (AvgIpc) is 3.03. The lowest BCUT2D eigenvalue weighted by Crippen LogP contribution is -2.28. The quantitative estimate of drug-likeness (QED) is 0.916. The molecule has 0 saturated heterocycles. The zero-order valence-corrected chi connectivity index (χ0v) is 13.8. The second kappa shape index (κ2) is 6.86. The fourth-order valence-corrected chi connectivity index (χ4v) is 3.17. The van der Waals surface area contributed by atoms with Crippen molar-refractivity contribution in [3.8, 4) is 5.75 Å². The van der Waals surface area contributed by atoms with Crippen molar-refractivity contribution in [1.82, 2.24) is 5.32 Å². The van der Waals surface area contributed by atoms with Gasteiger partial charge in [0.05, 0.1) is 19.6 Å². The first-order valence-electron chi connectivity index (χ1n) is 8.19. The number of hydrogen-bond acceptors (Lipinski definition) is 2. The summed E-state index contributed by atoms with van der Waals surface area (Å²) in [4.78, 5) is 12.2. The van der Waals surface area contributed by atoms with Crippen molar-refractivity contribution in [3.05, 3.63) is 64.7 Å². The first-order valence-corrected chi connectivity index (χ1v) is 8.19. The number of amides is 1. The lowest BCUT2D eigenvalue weighted by atomic mass is 10.0. The third-order valence-electron chi connectivity index (χ3n) is 4.52. The Morgan fingerprint density at radius 2 is 1.87 bits per heavy atom. The molecular weight excluding hydrogens is 286 g/mol. The highest BCUT2D eigenvalue weighted by Gasteiger charge is 2.15. The Kier molecular flexibility index (Phi) is 4.65. The number of benzene rings is 2. The number of nitrogens with one attached hydrogen (secondary N) is 1. The summed E-state index contributed by atoms with van der Waals surface area (Å²) in [5.74, 6) is 0.851. The molecule has 120 valence electrons. The molecule has 3 nitrogen and oxygen atoms in total. The van der Waals surface area contributed by atoms with E-state index in [2.05, 4.69) is 23.5 Å². The van der Waals surface area contributed by atoms with Gasteiger partial charge in [-0.05, 0) is 60.6 Å². The fourth-order valence-electron chi connectivity index (χ4n) is 3.17. The summed E-state index contributed by atoms with van der Waals surface area (Å²) in [5, 5.41) is 3.09. The van der Waals surface area contributed by atoms with E-state index in [1.807, 2.05) is 31.2 Å². The first-order chi connectivity index (χ1) is 11.2. The van der Waals surface area contributed by atoms with Gasteiger partial charge in [0, 0.05) is 0 Å². The monoisotopic (exact) mass is 309 g/mol. The number of ether oxygens (including phenoxy) is 1. The summed E-state index contributed by atoms with van der Waals surface area (Å²) in [6, 6.07) is 14.3. The van der Waals surface area contributed by atoms with Crippen LogP contribution in [0.5, 0.6) is 5.75 Å². The minimum atomic E-state index is 0.0339. The Morgan fingerprint density at radius 1 is 1.13 bits per heavy atom. The Labute approximate surface area is 137 Å². The van der Waals surface area contributed by atoms with Crippen LogP contribution in [0.15, 0.2) is 42.5 Å². The van der Waals surface area contributed by atoms with E-state index < -0.39 is 0 Å². The Bertz CT molecular complexity index is 691. The van der Waals surface area contributed by atoms with Crippen LogP contribution in [0.2, 0.25) is 0 Å². The highest BCUT2D eigenvalue weighted by molar-refractivity contribution is 5.79. The topological polar surface area (TPSA) is 38.3 Å². The lowest BCUT2D eigenvalue weighted by Gasteiger charge is -2.16. The Balaban J connectivity index is 1.60. The van der Waals surface area contributed by atoms with Crippen molar-refractivity contribution in [1.29, 1.82) is 0 Å². The highest BCUT2D eigenvalue weighted by Crippen LogP contribution is 2.25. The molecule has 2 aromatic carbocycles. The fraction of sp³-hybridized carbons (Fsp3) is 0.350.